The van der Waals surface area contributed by atoms with E-state index in [1.54, 1.807) is 27.7 Å². The number of phenols is 1. The molecule has 0 aromatic heterocycles. The summed E-state index contributed by atoms with van der Waals surface area (Å²) in [7, 11) is 1.32. The summed E-state index contributed by atoms with van der Waals surface area (Å²) in [6, 6.07) is 2.45. The molecule has 1 aromatic carbocycles. The van der Waals surface area contributed by atoms with Gasteiger partial charge in [0.2, 0.25) is 0 Å². The lowest BCUT2D eigenvalue weighted by atomic mass is 9.54. The number of aromatic hydroxyl groups is 1. The van der Waals surface area contributed by atoms with Crippen LogP contribution in [0.15, 0.2) is 34.9 Å². The second-order valence-electron chi connectivity index (χ2n) is 20.0. The van der Waals surface area contributed by atoms with Gasteiger partial charge in [-0.05, 0) is 59.6 Å². The molecule has 4 heterocycles. The first-order valence-electron chi connectivity index (χ1n) is 23.8. The molecular formula is C48H65NO22. The molecule has 21 atom stereocenters. The number of ether oxygens (including phenoxy) is 10. The SMILES string of the molecule is CO[C@@H]1C[C@@H](OC2C=C(C)C(O)C3(O)C(OC(C)=O)C(O)C4=C(C(=O)c5ccc([C@H]6C[C@@H](O[C@H]7C[C@](C)(O)[C@H](O[C@H]8CC[C@H](O)[C@@H](C)O8)[C@@H](C)O7)[C@H](O)[C@@H](C)O6)c(O)c5C4=O)C23O)O[C@@H](C)[C@H]1OC(N)=O. The molecule has 0 radical (unpaired) electrons. The van der Waals surface area contributed by atoms with Crippen LogP contribution < -0.4 is 5.73 Å². The summed E-state index contributed by atoms with van der Waals surface area (Å²) in [6.45, 7) is 10.3. The van der Waals surface area contributed by atoms with E-state index < -0.39 is 179 Å². The van der Waals surface area contributed by atoms with Gasteiger partial charge in [0, 0.05) is 62.0 Å². The summed E-state index contributed by atoms with van der Waals surface area (Å²) in [5.41, 5.74) is -5.76. The molecule has 1 aromatic rings. The average molecular weight is 1010 g/mol. The van der Waals surface area contributed by atoms with Crippen molar-refractivity contribution in [1.29, 1.82) is 0 Å². The van der Waals surface area contributed by atoms with Crippen LogP contribution in [0, 0.1) is 0 Å². The molecule has 71 heavy (non-hydrogen) atoms. The van der Waals surface area contributed by atoms with Gasteiger partial charge in [-0.2, -0.15) is 0 Å². The third-order valence-corrected chi connectivity index (χ3v) is 15.1. The molecular weight excluding hydrogens is 943 g/mol. The number of rotatable bonds is 10. The normalized spacial score (nSPS) is 44.7. The quantitative estimate of drug-likeness (QED) is 0.109. The van der Waals surface area contributed by atoms with Crippen molar-refractivity contribution in [1.82, 2.24) is 0 Å². The zero-order valence-corrected chi connectivity index (χ0v) is 40.5. The van der Waals surface area contributed by atoms with Crippen LogP contribution in [0.3, 0.4) is 0 Å². The number of hydrogen-bond donors (Lipinski definition) is 9. The van der Waals surface area contributed by atoms with Crippen molar-refractivity contribution >= 4 is 23.6 Å². The molecule has 6 unspecified atom stereocenters. The van der Waals surface area contributed by atoms with E-state index in [0.29, 0.717) is 12.8 Å². The number of esters is 1. The molecule has 1 amide bonds. The van der Waals surface area contributed by atoms with E-state index in [4.69, 9.17) is 53.1 Å². The largest absolute Gasteiger partial charge is 0.507 e. The molecule has 0 saturated carbocycles. The highest BCUT2D eigenvalue weighted by atomic mass is 16.7. The van der Waals surface area contributed by atoms with Crippen LogP contribution in [-0.4, -0.2) is 193 Å². The van der Waals surface area contributed by atoms with Gasteiger partial charge >= 0.3 is 12.1 Å². The number of methoxy groups -OCH3 is 1. The van der Waals surface area contributed by atoms with E-state index >= 15 is 4.79 Å². The third-order valence-electron chi connectivity index (χ3n) is 15.1. The summed E-state index contributed by atoms with van der Waals surface area (Å²) in [6.07, 6.45) is -21.5. The second-order valence-corrected chi connectivity index (χ2v) is 20.0. The second kappa shape index (κ2) is 19.7. The number of carbonyl (C=O) groups excluding carboxylic acids is 4. The molecule has 8 rings (SSSR count). The predicted molar refractivity (Wildman–Crippen MR) is 237 cm³/mol. The highest BCUT2D eigenvalue weighted by Crippen LogP contribution is 2.56. The number of phenolic OH excluding ortho intramolecular Hbond substituents is 1. The molecule has 0 spiro atoms. The van der Waals surface area contributed by atoms with Crippen molar-refractivity contribution in [3.63, 3.8) is 0 Å². The summed E-state index contributed by atoms with van der Waals surface area (Å²) in [5.74, 6) is -4.33. The number of hydrogen-bond acceptors (Lipinski definition) is 22. The Balaban J connectivity index is 1.10. The van der Waals surface area contributed by atoms with Crippen molar-refractivity contribution in [2.24, 2.45) is 5.73 Å². The zero-order valence-electron chi connectivity index (χ0n) is 40.5. The molecule has 7 aliphatic rings. The molecule has 23 heteroatoms. The van der Waals surface area contributed by atoms with Crippen LogP contribution in [0.1, 0.15) is 113 Å². The van der Waals surface area contributed by atoms with Crippen LogP contribution in [0.4, 0.5) is 4.79 Å². The lowest BCUT2D eigenvalue weighted by Crippen LogP contribution is -2.80. The van der Waals surface area contributed by atoms with Crippen LogP contribution in [-0.2, 0) is 52.2 Å². The molecule has 23 nitrogen and oxygen atoms in total. The van der Waals surface area contributed by atoms with Gasteiger partial charge in [-0.3, -0.25) is 14.4 Å². The van der Waals surface area contributed by atoms with Crippen LogP contribution in [0.25, 0.3) is 0 Å². The first kappa shape index (κ1) is 53.3. The number of ketones is 2. The number of aliphatic hydroxyl groups excluding tert-OH is 4. The van der Waals surface area contributed by atoms with E-state index in [-0.39, 0.29) is 30.4 Å². The Hall–Kier alpha value is -4.02. The zero-order chi connectivity index (χ0) is 52.0. The Kier molecular flexibility index (Phi) is 14.8. The molecule has 0 bridgehead atoms. The maximum atomic E-state index is 15.0. The van der Waals surface area contributed by atoms with Gasteiger partial charge in [0.15, 0.2) is 53.8 Å². The van der Waals surface area contributed by atoms with Crippen molar-refractivity contribution in [3.8, 4) is 5.75 Å². The summed E-state index contributed by atoms with van der Waals surface area (Å²) < 4.78 is 59.0. The van der Waals surface area contributed by atoms with Crippen molar-refractivity contribution in [3.05, 3.63) is 51.6 Å². The van der Waals surface area contributed by atoms with Crippen LogP contribution in [0.5, 0.6) is 5.75 Å². The van der Waals surface area contributed by atoms with Crippen molar-refractivity contribution in [2.45, 2.75) is 208 Å². The number of fused-ring (bicyclic) bond motifs is 3. The monoisotopic (exact) mass is 1010 g/mol. The van der Waals surface area contributed by atoms with Crippen molar-refractivity contribution < 1.29 is 107 Å². The summed E-state index contributed by atoms with van der Waals surface area (Å²) >= 11 is 0. The Bertz CT molecular complexity index is 2320. The van der Waals surface area contributed by atoms with E-state index in [0.717, 1.165) is 6.92 Å². The van der Waals surface area contributed by atoms with Crippen LogP contribution >= 0.6 is 0 Å². The highest BCUT2D eigenvalue weighted by molar-refractivity contribution is 6.29. The van der Waals surface area contributed by atoms with E-state index in [1.165, 1.54) is 39.2 Å². The lowest BCUT2D eigenvalue weighted by molar-refractivity contribution is -0.336. The number of amides is 1. The highest BCUT2D eigenvalue weighted by Gasteiger charge is 2.75. The van der Waals surface area contributed by atoms with Gasteiger partial charge in [0.1, 0.15) is 42.4 Å². The minimum atomic E-state index is -3.22. The summed E-state index contributed by atoms with van der Waals surface area (Å²) in [5, 5.41) is 94.8. The molecule has 3 aliphatic carbocycles. The fraction of sp³-hybridized carbons (Fsp3) is 0.708. The Labute approximate surface area is 408 Å². The van der Waals surface area contributed by atoms with Gasteiger partial charge < -0.3 is 94.0 Å². The topological polar surface area (TPSA) is 348 Å². The fourth-order valence-corrected chi connectivity index (χ4v) is 11.5. The Morgan fingerprint density at radius 2 is 1.46 bits per heavy atom. The van der Waals surface area contributed by atoms with Crippen molar-refractivity contribution in [2.75, 3.05) is 7.11 Å². The molecule has 4 aliphatic heterocycles. The van der Waals surface area contributed by atoms with E-state index in [2.05, 4.69) is 0 Å². The maximum absolute atomic E-state index is 15.0. The molecule has 394 valence electrons. The maximum Gasteiger partial charge on any atom is 0.404 e. The van der Waals surface area contributed by atoms with Gasteiger partial charge in [-0.15, -0.1) is 0 Å². The lowest BCUT2D eigenvalue weighted by Gasteiger charge is -2.59. The standard InChI is InChI=1S/C48H65NO22/c1-17-13-29(69-31-15-28(62-8)41(20(4)65-31)71-45(49)58)47(60)35-34(40(56)44(67-22(6)50)48(47,61)42(17)57)39(55)33-24(38(35)54)10-9-23(37(33)53)26-14-27(36(52)19(3)63-26)68-32-16-46(7,59)43(21(5)66-32)70-30-12-11-25(51)18(2)64-30/h9-10,13,18-21,25-32,36,40-44,51-53,56-57,59-61H,11-12,14-16H2,1-8H3,(H2,49,58)/t18-,19-,20+,21-,25+,26-,27-,28-,29?,30+,31-,32+,36-,40?,41-,42?,43-,44?,46+,47?,48?/m1/s1. The van der Waals surface area contributed by atoms with Gasteiger partial charge in [-0.25, -0.2) is 4.79 Å². The number of Topliss-reactive ketones (excluding diaryl/α,β-unsaturated/α-hetero) is 2. The number of carbonyl (C=O) groups is 4. The fourth-order valence-electron chi connectivity index (χ4n) is 11.5. The minimum Gasteiger partial charge on any atom is -0.507 e. The van der Waals surface area contributed by atoms with Crippen LogP contribution in [0.2, 0.25) is 0 Å². The Morgan fingerprint density at radius 3 is 2.10 bits per heavy atom. The number of primary amides is 1. The average Bonchev–Trinajstić information content (AvgIpc) is 3.28. The van der Waals surface area contributed by atoms with Gasteiger partial charge in [0.05, 0.1) is 53.9 Å². The third kappa shape index (κ3) is 9.13. The predicted octanol–water partition coefficient (Wildman–Crippen LogP) is -0.0910. The summed E-state index contributed by atoms with van der Waals surface area (Å²) in [4.78, 5) is 54.4. The first-order valence-corrected chi connectivity index (χ1v) is 23.8. The number of benzene rings is 1. The number of nitrogens with two attached hydrogens (primary N) is 1. The van der Waals surface area contributed by atoms with Gasteiger partial charge in [-0.1, -0.05) is 12.1 Å². The minimum absolute atomic E-state index is 0.0497. The Morgan fingerprint density at radius 1 is 0.789 bits per heavy atom. The van der Waals surface area contributed by atoms with E-state index in [1.807, 2.05) is 0 Å². The smallest absolute Gasteiger partial charge is 0.404 e. The first-order chi connectivity index (χ1) is 33.2. The molecule has 10 N–H and O–H groups in total. The van der Waals surface area contributed by atoms with E-state index in [9.17, 15) is 55.2 Å². The van der Waals surface area contributed by atoms with Gasteiger partial charge in [0.25, 0.3) is 0 Å². The number of aliphatic hydroxyl groups is 7. The molecule has 4 fully saturated rings. The molecule has 4 saturated heterocycles.